The van der Waals surface area contributed by atoms with Gasteiger partial charge in [-0.3, -0.25) is 4.90 Å². The Bertz CT molecular complexity index is 606. The fourth-order valence-electron chi connectivity index (χ4n) is 2.48. The molecule has 2 N–H and O–H groups in total. The average molecular weight is 349 g/mol. The highest BCUT2D eigenvalue weighted by Gasteiger charge is 2.32. The minimum atomic E-state index is -3.42. The monoisotopic (exact) mass is 348 g/mol. The van der Waals surface area contributed by atoms with E-state index in [0.29, 0.717) is 35.4 Å². The van der Waals surface area contributed by atoms with E-state index in [4.69, 9.17) is 18.0 Å². The van der Waals surface area contributed by atoms with Gasteiger partial charge in [0.05, 0.1) is 22.2 Å². The fraction of sp³-hybridized carbons (Fsp3) is 0.667. The van der Waals surface area contributed by atoms with E-state index < -0.39 is 10.0 Å². The molecule has 1 aliphatic heterocycles. The number of nitrogens with zero attached hydrogens (tertiary/aromatic N) is 3. The van der Waals surface area contributed by atoms with Gasteiger partial charge in [-0.05, 0) is 13.3 Å². The van der Waals surface area contributed by atoms with Gasteiger partial charge in [0.1, 0.15) is 0 Å². The number of aromatic nitrogens is 1. The van der Waals surface area contributed by atoms with Crippen LogP contribution in [0.15, 0.2) is 10.4 Å². The number of rotatable bonds is 5. The van der Waals surface area contributed by atoms with Gasteiger partial charge in [-0.2, -0.15) is 4.31 Å². The second-order valence-electron chi connectivity index (χ2n) is 4.96. The Labute approximate surface area is 135 Å². The Hall–Kier alpha value is -0.610. The highest BCUT2D eigenvalue weighted by molar-refractivity contribution is 7.91. The van der Waals surface area contributed by atoms with Crippen molar-refractivity contribution in [1.82, 2.24) is 14.2 Å². The number of piperazine rings is 1. The number of thiazole rings is 1. The molecule has 1 atom stereocenters. The summed E-state index contributed by atoms with van der Waals surface area (Å²) >= 11 is 6.29. The van der Waals surface area contributed by atoms with E-state index in [0.717, 1.165) is 11.4 Å². The number of hydrogen-bond acceptors (Lipinski definition) is 6. The minimum Gasteiger partial charge on any atom is -0.392 e. The van der Waals surface area contributed by atoms with E-state index in [1.165, 1.54) is 21.8 Å². The molecule has 0 saturated carbocycles. The lowest BCUT2D eigenvalue weighted by Gasteiger charge is -2.37. The van der Waals surface area contributed by atoms with Crippen LogP contribution in [0.2, 0.25) is 0 Å². The molecule has 6 nitrogen and oxygen atoms in total. The zero-order valence-corrected chi connectivity index (χ0v) is 14.6. The standard InChI is InChI=1S/C12H20N4O2S3/c1-3-10(12(13)19)15-4-6-16(7-5-15)21(17,18)11-8-14-9(2)20-11/h8,10H,3-7H2,1-2H3,(H2,13,19). The van der Waals surface area contributed by atoms with Crippen molar-refractivity contribution in [3.05, 3.63) is 11.2 Å². The third kappa shape index (κ3) is 3.59. The fourth-order valence-corrected chi connectivity index (χ4v) is 5.48. The predicted octanol–water partition coefficient (Wildman–Crippen LogP) is 0.823. The lowest BCUT2D eigenvalue weighted by Crippen LogP contribution is -2.54. The van der Waals surface area contributed by atoms with E-state index in [9.17, 15) is 8.42 Å². The van der Waals surface area contributed by atoms with Gasteiger partial charge >= 0.3 is 0 Å². The van der Waals surface area contributed by atoms with Crippen LogP contribution in [0.3, 0.4) is 0 Å². The van der Waals surface area contributed by atoms with Gasteiger partial charge in [-0.15, -0.1) is 11.3 Å². The number of sulfonamides is 1. The molecular weight excluding hydrogens is 328 g/mol. The number of aryl methyl sites for hydroxylation is 1. The summed E-state index contributed by atoms with van der Waals surface area (Å²) in [5.41, 5.74) is 5.74. The molecule has 1 aliphatic rings. The molecule has 21 heavy (non-hydrogen) atoms. The molecular formula is C12H20N4O2S3. The first-order valence-corrected chi connectivity index (χ1v) is 9.48. The highest BCUT2D eigenvalue weighted by atomic mass is 32.2. The smallest absolute Gasteiger partial charge is 0.254 e. The third-order valence-corrected chi connectivity index (χ3v) is 7.14. The molecule has 2 heterocycles. The van der Waals surface area contributed by atoms with Gasteiger partial charge in [0.25, 0.3) is 10.0 Å². The van der Waals surface area contributed by atoms with Crippen LogP contribution in [0, 0.1) is 6.92 Å². The van der Waals surface area contributed by atoms with Crippen LogP contribution in [0.4, 0.5) is 0 Å². The van der Waals surface area contributed by atoms with E-state index in [1.807, 2.05) is 6.92 Å². The average Bonchev–Trinajstić information content (AvgIpc) is 2.87. The van der Waals surface area contributed by atoms with Crippen molar-refractivity contribution in [3.63, 3.8) is 0 Å². The molecule has 1 saturated heterocycles. The van der Waals surface area contributed by atoms with Crippen molar-refractivity contribution in [2.24, 2.45) is 5.73 Å². The van der Waals surface area contributed by atoms with E-state index >= 15 is 0 Å². The Morgan fingerprint density at radius 1 is 1.48 bits per heavy atom. The Balaban J connectivity index is 2.05. The van der Waals surface area contributed by atoms with Crippen molar-refractivity contribution in [1.29, 1.82) is 0 Å². The van der Waals surface area contributed by atoms with Crippen molar-refractivity contribution >= 4 is 38.6 Å². The summed E-state index contributed by atoms with van der Waals surface area (Å²) in [7, 11) is -3.42. The minimum absolute atomic E-state index is 0.0514. The number of hydrogen-bond donors (Lipinski definition) is 1. The maximum absolute atomic E-state index is 12.5. The number of nitrogens with two attached hydrogens (primary N) is 1. The maximum atomic E-state index is 12.5. The summed E-state index contributed by atoms with van der Waals surface area (Å²) in [4.78, 5) is 6.66. The molecule has 0 amide bonds. The lowest BCUT2D eigenvalue weighted by atomic mass is 10.1. The van der Waals surface area contributed by atoms with Gasteiger partial charge in [0.15, 0.2) is 4.21 Å². The van der Waals surface area contributed by atoms with Crippen molar-refractivity contribution in [2.75, 3.05) is 26.2 Å². The van der Waals surface area contributed by atoms with Gasteiger partial charge in [-0.25, -0.2) is 13.4 Å². The highest BCUT2D eigenvalue weighted by Crippen LogP contribution is 2.23. The van der Waals surface area contributed by atoms with Crippen molar-refractivity contribution < 1.29 is 8.42 Å². The molecule has 0 aliphatic carbocycles. The molecule has 9 heteroatoms. The second-order valence-corrected chi connectivity index (χ2v) is 8.84. The van der Waals surface area contributed by atoms with Crippen LogP contribution in [0.5, 0.6) is 0 Å². The van der Waals surface area contributed by atoms with Crippen LogP contribution in [-0.2, 0) is 10.0 Å². The van der Waals surface area contributed by atoms with Crippen LogP contribution in [-0.4, -0.2) is 59.8 Å². The molecule has 1 fully saturated rings. The van der Waals surface area contributed by atoms with E-state index in [1.54, 1.807) is 6.92 Å². The predicted molar refractivity (Wildman–Crippen MR) is 88.0 cm³/mol. The summed E-state index contributed by atoms with van der Waals surface area (Å²) in [6.07, 6.45) is 2.28. The Morgan fingerprint density at radius 3 is 2.52 bits per heavy atom. The molecule has 1 aromatic rings. The summed E-state index contributed by atoms with van der Waals surface area (Å²) in [6, 6.07) is 0.0514. The second kappa shape index (κ2) is 6.66. The van der Waals surface area contributed by atoms with Crippen molar-refractivity contribution in [3.8, 4) is 0 Å². The maximum Gasteiger partial charge on any atom is 0.254 e. The topological polar surface area (TPSA) is 79.5 Å². The van der Waals surface area contributed by atoms with Crippen molar-refractivity contribution in [2.45, 2.75) is 30.5 Å². The van der Waals surface area contributed by atoms with E-state index in [2.05, 4.69) is 9.88 Å². The van der Waals surface area contributed by atoms with Crippen LogP contribution >= 0.6 is 23.6 Å². The summed E-state index contributed by atoms with van der Waals surface area (Å²) in [5.74, 6) is 0. The first-order valence-electron chi connectivity index (χ1n) is 6.82. The normalized spacial score (nSPS) is 19.5. The largest absolute Gasteiger partial charge is 0.392 e. The third-order valence-electron chi connectivity index (χ3n) is 3.62. The Kier molecular flexibility index (Phi) is 5.31. The van der Waals surface area contributed by atoms with Crippen LogP contribution in [0.25, 0.3) is 0 Å². The summed E-state index contributed by atoms with van der Waals surface area (Å²) < 4.78 is 26.8. The zero-order chi connectivity index (χ0) is 15.6. The lowest BCUT2D eigenvalue weighted by molar-refractivity contribution is 0.165. The van der Waals surface area contributed by atoms with Gasteiger partial charge in [-0.1, -0.05) is 19.1 Å². The van der Waals surface area contributed by atoms with Crippen LogP contribution in [0.1, 0.15) is 18.4 Å². The SMILES string of the molecule is CCC(C(N)=S)N1CCN(S(=O)(=O)c2cnc(C)s2)CC1. The first-order chi connectivity index (χ1) is 9.86. The zero-order valence-electron chi connectivity index (χ0n) is 12.2. The summed E-state index contributed by atoms with van der Waals surface area (Å²) in [6.45, 7) is 6.04. The molecule has 0 spiro atoms. The first kappa shape index (κ1) is 16.8. The molecule has 1 aromatic heterocycles. The molecule has 0 aromatic carbocycles. The molecule has 2 rings (SSSR count). The Morgan fingerprint density at radius 2 is 2.10 bits per heavy atom. The van der Waals surface area contributed by atoms with Crippen LogP contribution < -0.4 is 5.73 Å². The number of thiocarbonyl (C=S) groups is 1. The molecule has 118 valence electrons. The molecule has 0 radical (unpaired) electrons. The quantitative estimate of drug-likeness (QED) is 0.794. The molecule has 1 unspecified atom stereocenters. The van der Waals surface area contributed by atoms with Gasteiger partial charge < -0.3 is 5.73 Å². The van der Waals surface area contributed by atoms with Gasteiger partial charge in [0, 0.05) is 26.2 Å². The van der Waals surface area contributed by atoms with E-state index in [-0.39, 0.29) is 6.04 Å². The van der Waals surface area contributed by atoms with Gasteiger partial charge in [0.2, 0.25) is 0 Å². The molecule has 0 bridgehead atoms. The summed E-state index contributed by atoms with van der Waals surface area (Å²) in [5, 5.41) is 0.756.